The Bertz CT molecular complexity index is 316. The number of morpholine rings is 1. The molecule has 1 aliphatic rings. The summed E-state index contributed by atoms with van der Waals surface area (Å²) < 4.78 is 10.2. The van der Waals surface area contributed by atoms with Crippen LogP contribution in [0, 0.1) is 0 Å². The average molecular weight is 286 g/mol. The summed E-state index contributed by atoms with van der Waals surface area (Å²) in [4.78, 5) is 27.7. The Morgan fingerprint density at radius 2 is 1.95 bits per heavy atom. The lowest BCUT2D eigenvalue weighted by atomic mass is 10.2. The molecule has 0 aliphatic carbocycles. The van der Waals surface area contributed by atoms with Crippen LogP contribution in [-0.2, 0) is 19.1 Å². The van der Waals surface area contributed by atoms with Gasteiger partial charge < -0.3 is 14.4 Å². The molecule has 0 spiro atoms. The van der Waals surface area contributed by atoms with Gasteiger partial charge in [0.2, 0.25) is 5.91 Å². The molecule has 0 N–H and O–H groups in total. The van der Waals surface area contributed by atoms with Gasteiger partial charge in [0.25, 0.3) is 0 Å². The van der Waals surface area contributed by atoms with Crippen molar-refractivity contribution in [2.75, 3.05) is 46.0 Å². The Hall–Kier alpha value is -1.14. The van der Waals surface area contributed by atoms with E-state index in [1.165, 1.54) is 0 Å². The van der Waals surface area contributed by atoms with Gasteiger partial charge in [-0.1, -0.05) is 6.92 Å². The molecule has 6 heteroatoms. The third-order valence-corrected chi connectivity index (χ3v) is 3.38. The lowest BCUT2D eigenvalue weighted by Gasteiger charge is -2.33. The van der Waals surface area contributed by atoms with Crippen molar-refractivity contribution in [3.05, 3.63) is 0 Å². The van der Waals surface area contributed by atoms with Gasteiger partial charge in [0.1, 0.15) is 0 Å². The quantitative estimate of drug-likeness (QED) is 0.638. The van der Waals surface area contributed by atoms with E-state index in [0.29, 0.717) is 39.5 Å². The maximum absolute atomic E-state index is 12.4. The predicted octanol–water partition coefficient (Wildman–Crippen LogP) is 0.509. The SMILES string of the molecule is CCCN(CC(=O)OCC)C(C)C(=O)N1CCOCC1. The molecule has 1 heterocycles. The van der Waals surface area contributed by atoms with Gasteiger partial charge >= 0.3 is 5.97 Å². The van der Waals surface area contributed by atoms with Crippen molar-refractivity contribution >= 4 is 11.9 Å². The van der Waals surface area contributed by atoms with Crippen molar-refractivity contribution in [3.63, 3.8) is 0 Å². The van der Waals surface area contributed by atoms with Gasteiger partial charge in [-0.3, -0.25) is 14.5 Å². The van der Waals surface area contributed by atoms with Crippen LogP contribution in [0.4, 0.5) is 0 Å². The highest BCUT2D eigenvalue weighted by Crippen LogP contribution is 2.08. The van der Waals surface area contributed by atoms with E-state index >= 15 is 0 Å². The highest BCUT2D eigenvalue weighted by Gasteiger charge is 2.28. The molecule has 1 aliphatic heterocycles. The van der Waals surface area contributed by atoms with Crippen molar-refractivity contribution < 1.29 is 19.1 Å². The number of nitrogens with zero attached hydrogens (tertiary/aromatic N) is 2. The number of rotatable bonds is 7. The molecule has 0 saturated carbocycles. The van der Waals surface area contributed by atoms with Gasteiger partial charge in [-0.05, 0) is 26.8 Å². The predicted molar refractivity (Wildman–Crippen MR) is 75.4 cm³/mol. The first-order valence-corrected chi connectivity index (χ1v) is 7.36. The molecule has 1 unspecified atom stereocenters. The van der Waals surface area contributed by atoms with Crippen LogP contribution in [-0.4, -0.2) is 73.7 Å². The van der Waals surface area contributed by atoms with Crippen LogP contribution in [0.5, 0.6) is 0 Å². The topological polar surface area (TPSA) is 59.1 Å². The summed E-state index contributed by atoms with van der Waals surface area (Å²) in [5.41, 5.74) is 0. The van der Waals surface area contributed by atoms with Gasteiger partial charge in [0, 0.05) is 13.1 Å². The first-order valence-electron chi connectivity index (χ1n) is 7.36. The fraction of sp³-hybridized carbons (Fsp3) is 0.857. The van der Waals surface area contributed by atoms with E-state index in [4.69, 9.17) is 9.47 Å². The molecule has 1 saturated heterocycles. The minimum Gasteiger partial charge on any atom is -0.465 e. The van der Waals surface area contributed by atoms with Crippen molar-refractivity contribution in [1.29, 1.82) is 0 Å². The molecule has 1 fully saturated rings. The second kappa shape index (κ2) is 8.92. The van der Waals surface area contributed by atoms with E-state index < -0.39 is 0 Å². The second-order valence-electron chi connectivity index (χ2n) is 4.89. The van der Waals surface area contributed by atoms with E-state index in [9.17, 15) is 9.59 Å². The van der Waals surface area contributed by atoms with Gasteiger partial charge in [-0.25, -0.2) is 0 Å². The molecular formula is C14H26N2O4. The lowest BCUT2D eigenvalue weighted by molar-refractivity contribution is -0.147. The van der Waals surface area contributed by atoms with Gasteiger partial charge in [-0.2, -0.15) is 0 Å². The zero-order chi connectivity index (χ0) is 15.0. The Kier molecular flexibility index (Phi) is 7.54. The molecule has 0 bridgehead atoms. The Labute approximate surface area is 121 Å². The fourth-order valence-corrected chi connectivity index (χ4v) is 2.27. The number of amides is 1. The van der Waals surface area contributed by atoms with Crippen molar-refractivity contribution in [2.45, 2.75) is 33.2 Å². The largest absolute Gasteiger partial charge is 0.465 e. The molecule has 1 rings (SSSR count). The second-order valence-corrected chi connectivity index (χ2v) is 4.89. The Balaban J connectivity index is 2.59. The fourth-order valence-electron chi connectivity index (χ4n) is 2.27. The monoisotopic (exact) mass is 286 g/mol. The van der Waals surface area contributed by atoms with Crippen molar-refractivity contribution in [3.8, 4) is 0 Å². The number of carbonyl (C=O) groups is 2. The molecule has 6 nitrogen and oxygen atoms in total. The van der Waals surface area contributed by atoms with E-state index in [0.717, 1.165) is 6.42 Å². The maximum atomic E-state index is 12.4. The van der Waals surface area contributed by atoms with Gasteiger partial charge in [0.05, 0.1) is 32.4 Å². The molecule has 0 aromatic heterocycles. The van der Waals surface area contributed by atoms with E-state index in [2.05, 4.69) is 0 Å². The zero-order valence-corrected chi connectivity index (χ0v) is 12.8. The molecule has 1 amide bonds. The van der Waals surface area contributed by atoms with E-state index in [1.54, 1.807) is 6.92 Å². The zero-order valence-electron chi connectivity index (χ0n) is 12.8. The molecule has 0 aromatic carbocycles. The standard InChI is InChI=1S/C14H26N2O4/c1-4-6-16(11-13(17)20-5-2)12(3)14(18)15-7-9-19-10-8-15/h12H,4-11H2,1-3H3. The number of ether oxygens (including phenoxy) is 2. The number of hydrogen-bond acceptors (Lipinski definition) is 5. The highest BCUT2D eigenvalue weighted by atomic mass is 16.5. The maximum Gasteiger partial charge on any atom is 0.320 e. The molecule has 1 atom stereocenters. The highest BCUT2D eigenvalue weighted by molar-refractivity contribution is 5.82. The van der Waals surface area contributed by atoms with Crippen LogP contribution >= 0.6 is 0 Å². The normalized spacial score (nSPS) is 17.1. The van der Waals surface area contributed by atoms with Gasteiger partial charge in [0.15, 0.2) is 0 Å². The summed E-state index contributed by atoms with van der Waals surface area (Å²) in [5.74, 6) is -0.214. The van der Waals surface area contributed by atoms with Gasteiger partial charge in [-0.15, -0.1) is 0 Å². The van der Waals surface area contributed by atoms with Crippen LogP contribution in [0.3, 0.4) is 0 Å². The van der Waals surface area contributed by atoms with Crippen LogP contribution in [0.15, 0.2) is 0 Å². The first kappa shape index (κ1) is 16.9. The lowest BCUT2D eigenvalue weighted by Crippen LogP contribution is -2.52. The van der Waals surface area contributed by atoms with Crippen LogP contribution < -0.4 is 0 Å². The van der Waals surface area contributed by atoms with Crippen LogP contribution in [0.25, 0.3) is 0 Å². The average Bonchev–Trinajstić information content (AvgIpc) is 2.46. The Morgan fingerprint density at radius 3 is 2.50 bits per heavy atom. The number of hydrogen-bond donors (Lipinski definition) is 0. The number of carbonyl (C=O) groups excluding carboxylic acids is 2. The van der Waals surface area contributed by atoms with E-state index in [-0.39, 0.29) is 24.5 Å². The summed E-state index contributed by atoms with van der Waals surface area (Å²) in [5, 5.41) is 0. The van der Waals surface area contributed by atoms with E-state index in [1.807, 2.05) is 23.6 Å². The molecule has 20 heavy (non-hydrogen) atoms. The molecule has 116 valence electrons. The van der Waals surface area contributed by atoms with Crippen LogP contribution in [0.1, 0.15) is 27.2 Å². The molecule has 0 radical (unpaired) electrons. The number of esters is 1. The summed E-state index contributed by atoms with van der Waals surface area (Å²) >= 11 is 0. The third kappa shape index (κ3) is 5.09. The minimum atomic E-state index is -0.308. The smallest absolute Gasteiger partial charge is 0.320 e. The molecular weight excluding hydrogens is 260 g/mol. The van der Waals surface area contributed by atoms with Crippen molar-refractivity contribution in [2.24, 2.45) is 0 Å². The Morgan fingerprint density at radius 1 is 1.30 bits per heavy atom. The van der Waals surface area contributed by atoms with Crippen LogP contribution in [0.2, 0.25) is 0 Å². The summed E-state index contributed by atoms with van der Waals surface area (Å²) in [6.07, 6.45) is 0.889. The summed E-state index contributed by atoms with van der Waals surface area (Å²) in [6.45, 7) is 9.33. The first-order chi connectivity index (χ1) is 9.60. The third-order valence-electron chi connectivity index (χ3n) is 3.38. The molecule has 0 aromatic rings. The van der Waals surface area contributed by atoms with Crippen molar-refractivity contribution in [1.82, 2.24) is 9.80 Å². The summed E-state index contributed by atoms with van der Waals surface area (Å²) in [6, 6.07) is -0.308. The summed E-state index contributed by atoms with van der Waals surface area (Å²) in [7, 11) is 0. The minimum absolute atomic E-state index is 0.0612.